The molecule has 1 heterocycles. The molecule has 1 aliphatic carbocycles. The van der Waals surface area contributed by atoms with Crippen LogP contribution in [-0.4, -0.2) is 43.9 Å². The fourth-order valence-electron chi connectivity index (χ4n) is 3.80. The Morgan fingerprint density at radius 1 is 1.18 bits per heavy atom. The second-order valence-electron chi connectivity index (χ2n) is 7.38. The summed E-state index contributed by atoms with van der Waals surface area (Å²) in [6, 6.07) is 4.76. The minimum Gasteiger partial charge on any atom is -0.492 e. The van der Waals surface area contributed by atoms with E-state index in [2.05, 4.69) is 5.32 Å². The van der Waals surface area contributed by atoms with Crippen molar-refractivity contribution in [1.82, 2.24) is 4.31 Å². The number of anilines is 1. The van der Waals surface area contributed by atoms with Gasteiger partial charge in [-0.05, 0) is 50.8 Å². The van der Waals surface area contributed by atoms with Crippen molar-refractivity contribution in [3.8, 4) is 5.75 Å². The van der Waals surface area contributed by atoms with Crippen LogP contribution in [0, 0.1) is 0 Å². The van der Waals surface area contributed by atoms with Crippen LogP contribution in [0.2, 0.25) is 0 Å². The highest BCUT2D eigenvalue weighted by Gasteiger charge is 2.36. The van der Waals surface area contributed by atoms with Gasteiger partial charge in [0.2, 0.25) is 15.9 Å². The van der Waals surface area contributed by atoms with E-state index < -0.39 is 15.6 Å². The average molecular weight is 432 g/mol. The monoisotopic (exact) mass is 431 g/mol. The normalized spacial score (nSPS) is 19.6. The van der Waals surface area contributed by atoms with Crippen molar-refractivity contribution in [2.75, 3.05) is 25.0 Å². The van der Waals surface area contributed by atoms with E-state index in [9.17, 15) is 13.2 Å². The Bertz CT molecular complexity index is 788. The maximum Gasteiger partial charge on any atom is 0.246 e. The molecule has 1 saturated carbocycles. The molecule has 3 N–H and O–H groups in total. The van der Waals surface area contributed by atoms with Gasteiger partial charge in [0.15, 0.2) is 0 Å². The maximum absolute atomic E-state index is 13.0. The average Bonchev–Trinajstić information content (AvgIpc) is 3.19. The van der Waals surface area contributed by atoms with Gasteiger partial charge < -0.3 is 15.8 Å². The number of carbonyl (C=O) groups is 1. The second kappa shape index (κ2) is 9.43. The van der Waals surface area contributed by atoms with Crippen LogP contribution in [0.1, 0.15) is 51.9 Å². The van der Waals surface area contributed by atoms with Gasteiger partial charge in [0, 0.05) is 18.8 Å². The molecule has 158 valence electrons. The Hall–Kier alpha value is -1.35. The number of ether oxygens (including phenoxy) is 1. The molecule has 1 aliphatic heterocycles. The number of sulfonamides is 1. The first-order valence-electron chi connectivity index (χ1n) is 9.74. The highest BCUT2D eigenvalue weighted by atomic mass is 35.5. The van der Waals surface area contributed by atoms with Crippen LogP contribution in [0.3, 0.4) is 0 Å². The van der Waals surface area contributed by atoms with Gasteiger partial charge >= 0.3 is 0 Å². The summed E-state index contributed by atoms with van der Waals surface area (Å²) in [6.07, 6.45) is 5.96. The van der Waals surface area contributed by atoms with E-state index in [4.69, 9.17) is 10.5 Å². The van der Waals surface area contributed by atoms with Crippen molar-refractivity contribution in [2.24, 2.45) is 5.73 Å². The first kappa shape index (κ1) is 22.9. The fraction of sp³-hybridized carbons (Fsp3) is 0.632. The largest absolute Gasteiger partial charge is 0.492 e. The van der Waals surface area contributed by atoms with Crippen LogP contribution >= 0.6 is 12.4 Å². The van der Waals surface area contributed by atoms with E-state index in [0.717, 1.165) is 32.1 Å². The standard InChI is InChI=1S/C19H29N3O4S.ClH/c1-2-26-16-9-8-15(21-18(23)19(20)10-4-3-5-11-19)14-17(16)27(24,25)22-12-6-7-13-22;/h8-9,14H,2-7,10-13,20H2,1H3,(H,21,23);1H. The summed E-state index contributed by atoms with van der Waals surface area (Å²) in [6.45, 7) is 3.19. The zero-order chi connectivity index (χ0) is 19.5. The summed E-state index contributed by atoms with van der Waals surface area (Å²) >= 11 is 0. The number of amides is 1. The van der Waals surface area contributed by atoms with Crippen LogP contribution in [0.5, 0.6) is 5.75 Å². The van der Waals surface area contributed by atoms with Gasteiger partial charge in [-0.3, -0.25) is 4.79 Å². The molecule has 1 aromatic rings. The van der Waals surface area contributed by atoms with E-state index >= 15 is 0 Å². The summed E-state index contributed by atoms with van der Waals surface area (Å²) < 4.78 is 33.1. The smallest absolute Gasteiger partial charge is 0.246 e. The Kier molecular flexibility index (Phi) is 7.73. The lowest BCUT2D eigenvalue weighted by Crippen LogP contribution is -2.52. The number of nitrogens with one attached hydrogen (secondary N) is 1. The van der Waals surface area contributed by atoms with Gasteiger partial charge in [0.1, 0.15) is 10.6 Å². The molecule has 7 nitrogen and oxygen atoms in total. The third kappa shape index (κ3) is 4.79. The van der Waals surface area contributed by atoms with E-state index in [-0.39, 0.29) is 23.2 Å². The molecular weight excluding hydrogens is 402 g/mol. The minimum atomic E-state index is -3.66. The second-order valence-corrected chi connectivity index (χ2v) is 9.28. The first-order valence-corrected chi connectivity index (χ1v) is 11.2. The number of carbonyl (C=O) groups excluding carboxylic acids is 1. The predicted octanol–water partition coefficient (Wildman–Crippen LogP) is 2.89. The molecule has 0 spiro atoms. The molecule has 0 bridgehead atoms. The van der Waals surface area contributed by atoms with Gasteiger partial charge in [0.05, 0.1) is 12.1 Å². The van der Waals surface area contributed by atoms with Gasteiger partial charge in [-0.2, -0.15) is 4.31 Å². The molecule has 9 heteroatoms. The molecule has 0 radical (unpaired) electrons. The van der Waals surface area contributed by atoms with Crippen molar-refractivity contribution in [2.45, 2.75) is 62.3 Å². The molecule has 1 aromatic carbocycles. The van der Waals surface area contributed by atoms with Gasteiger partial charge in [0.25, 0.3) is 0 Å². The molecule has 0 aromatic heterocycles. The molecule has 0 atom stereocenters. The predicted molar refractivity (Wildman–Crippen MR) is 111 cm³/mol. The van der Waals surface area contributed by atoms with Crippen molar-refractivity contribution >= 4 is 34.0 Å². The molecule has 2 fully saturated rings. The van der Waals surface area contributed by atoms with Gasteiger partial charge in [-0.1, -0.05) is 19.3 Å². The summed E-state index contributed by atoms with van der Waals surface area (Å²) in [5.41, 5.74) is 5.83. The Morgan fingerprint density at radius 3 is 2.43 bits per heavy atom. The zero-order valence-electron chi connectivity index (χ0n) is 16.3. The molecule has 1 amide bonds. The highest BCUT2D eigenvalue weighted by molar-refractivity contribution is 7.89. The number of benzene rings is 1. The molecule has 28 heavy (non-hydrogen) atoms. The Balaban J connectivity index is 0.00000280. The lowest BCUT2D eigenvalue weighted by molar-refractivity contribution is -0.122. The van der Waals surface area contributed by atoms with E-state index in [1.807, 2.05) is 6.92 Å². The molecule has 3 rings (SSSR count). The van der Waals surface area contributed by atoms with Crippen LogP contribution < -0.4 is 15.8 Å². The topological polar surface area (TPSA) is 102 Å². The van der Waals surface area contributed by atoms with Crippen LogP contribution in [-0.2, 0) is 14.8 Å². The first-order chi connectivity index (χ1) is 12.9. The number of hydrogen-bond acceptors (Lipinski definition) is 5. The van der Waals surface area contributed by atoms with Crippen molar-refractivity contribution in [1.29, 1.82) is 0 Å². The fourth-order valence-corrected chi connectivity index (χ4v) is 5.47. The number of rotatable bonds is 6. The van der Waals surface area contributed by atoms with Crippen LogP contribution in [0.4, 0.5) is 5.69 Å². The minimum absolute atomic E-state index is 0. The third-order valence-corrected chi connectivity index (χ3v) is 7.30. The number of nitrogens with zero attached hydrogens (tertiary/aromatic N) is 1. The summed E-state index contributed by atoms with van der Waals surface area (Å²) in [5, 5.41) is 2.82. The van der Waals surface area contributed by atoms with Crippen LogP contribution in [0.15, 0.2) is 23.1 Å². The number of halogens is 1. The summed E-state index contributed by atoms with van der Waals surface area (Å²) in [7, 11) is -3.66. The lowest BCUT2D eigenvalue weighted by atomic mass is 9.82. The van der Waals surface area contributed by atoms with Crippen molar-refractivity contribution in [3.05, 3.63) is 18.2 Å². The van der Waals surface area contributed by atoms with E-state index in [1.54, 1.807) is 12.1 Å². The van der Waals surface area contributed by atoms with Gasteiger partial charge in [-0.15, -0.1) is 12.4 Å². The summed E-state index contributed by atoms with van der Waals surface area (Å²) in [5.74, 6) is 0.0541. The van der Waals surface area contributed by atoms with Crippen molar-refractivity contribution < 1.29 is 17.9 Å². The van der Waals surface area contributed by atoms with Crippen molar-refractivity contribution in [3.63, 3.8) is 0 Å². The highest BCUT2D eigenvalue weighted by Crippen LogP contribution is 2.33. The Morgan fingerprint density at radius 2 is 1.82 bits per heavy atom. The lowest BCUT2D eigenvalue weighted by Gasteiger charge is -2.31. The number of nitrogens with two attached hydrogens (primary N) is 1. The molecule has 2 aliphatic rings. The molecular formula is C19H30ClN3O4S. The van der Waals surface area contributed by atoms with E-state index in [0.29, 0.717) is 44.0 Å². The van der Waals surface area contributed by atoms with Crippen LogP contribution in [0.25, 0.3) is 0 Å². The SMILES string of the molecule is CCOc1ccc(NC(=O)C2(N)CCCCC2)cc1S(=O)(=O)N1CCCC1.Cl. The maximum atomic E-state index is 13.0. The van der Waals surface area contributed by atoms with Gasteiger partial charge in [-0.25, -0.2) is 8.42 Å². The zero-order valence-corrected chi connectivity index (χ0v) is 17.9. The third-order valence-electron chi connectivity index (χ3n) is 5.38. The summed E-state index contributed by atoms with van der Waals surface area (Å²) in [4.78, 5) is 12.8. The quantitative estimate of drug-likeness (QED) is 0.721. The molecule has 0 unspecified atom stereocenters. The Labute approximate surface area is 173 Å². The molecule has 1 saturated heterocycles. The number of hydrogen-bond donors (Lipinski definition) is 2. The van der Waals surface area contributed by atoms with E-state index in [1.165, 1.54) is 10.4 Å².